The molecule has 3 aromatic rings. The summed E-state index contributed by atoms with van der Waals surface area (Å²) in [6, 6.07) is 18.0. The van der Waals surface area contributed by atoms with Crippen LogP contribution in [0.25, 0.3) is 11.1 Å². The second-order valence-corrected chi connectivity index (χ2v) is 9.01. The number of nitrogens with one attached hydrogen (secondary N) is 1. The summed E-state index contributed by atoms with van der Waals surface area (Å²) in [5, 5.41) is 0. The highest BCUT2D eigenvalue weighted by molar-refractivity contribution is 7.93. The van der Waals surface area contributed by atoms with Crippen LogP contribution >= 0.6 is 0 Å². The molecule has 0 spiro atoms. The SMILES string of the molecule is CCCCc1cccc(=O)n1Cc1ccc(-c2ccccc2NS(=O)(=O)C(F)(F)F)cc1. The molecule has 0 unspecified atom stereocenters. The van der Waals surface area contributed by atoms with Gasteiger partial charge in [0.15, 0.2) is 0 Å². The molecule has 0 aliphatic heterocycles. The lowest BCUT2D eigenvalue weighted by Crippen LogP contribution is -2.30. The predicted octanol–water partition coefficient (Wildman–Crippen LogP) is 5.17. The van der Waals surface area contributed by atoms with Crippen molar-refractivity contribution in [3.8, 4) is 11.1 Å². The van der Waals surface area contributed by atoms with Gasteiger partial charge in [-0.05, 0) is 36.1 Å². The Kier molecular flexibility index (Phi) is 7.08. The smallest absolute Gasteiger partial charge is 0.308 e. The molecule has 0 aliphatic carbocycles. The molecule has 0 radical (unpaired) electrons. The first-order valence-corrected chi connectivity index (χ1v) is 11.6. The zero-order valence-corrected chi connectivity index (χ0v) is 18.2. The van der Waals surface area contributed by atoms with E-state index in [1.807, 2.05) is 6.07 Å². The van der Waals surface area contributed by atoms with Crippen LogP contribution in [-0.2, 0) is 23.0 Å². The Morgan fingerprint density at radius 3 is 2.28 bits per heavy atom. The molecule has 0 saturated heterocycles. The Labute approximate surface area is 184 Å². The molecule has 0 fully saturated rings. The number of para-hydroxylation sites is 1. The molecule has 3 rings (SSSR count). The van der Waals surface area contributed by atoms with Crippen molar-refractivity contribution in [2.75, 3.05) is 4.72 Å². The lowest BCUT2D eigenvalue weighted by molar-refractivity contribution is -0.0429. The third-order valence-corrected chi connectivity index (χ3v) is 6.11. The first kappa shape index (κ1) is 23.6. The molecule has 0 atom stereocenters. The van der Waals surface area contributed by atoms with Crippen molar-refractivity contribution in [2.24, 2.45) is 0 Å². The highest BCUT2D eigenvalue weighted by Crippen LogP contribution is 2.32. The molecular formula is C23H23F3N2O3S. The van der Waals surface area contributed by atoms with Gasteiger partial charge in [-0.2, -0.15) is 21.6 Å². The summed E-state index contributed by atoms with van der Waals surface area (Å²) in [5.41, 5.74) is -3.05. The number of benzene rings is 2. The molecule has 170 valence electrons. The van der Waals surface area contributed by atoms with E-state index in [2.05, 4.69) is 6.92 Å². The van der Waals surface area contributed by atoms with Gasteiger partial charge in [0.1, 0.15) is 0 Å². The Morgan fingerprint density at radius 2 is 1.62 bits per heavy atom. The van der Waals surface area contributed by atoms with Crippen LogP contribution in [0.3, 0.4) is 0 Å². The van der Waals surface area contributed by atoms with Crippen molar-refractivity contribution in [2.45, 2.75) is 38.2 Å². The molecule has 0 bridgehead atoms. The Morgan fingerprint density at radius 1 is 0.938 bits per heavy atom. The number of alkyl halides is 3. The maximum Gasteiger partial charge on any atom is 0.516 e. The van der Waals surface area contributed by atoms with Crippen LogP contribution in [0.4, 0.5) is 18.9 Å². The van der Waals surface area contributed by atoms with E-state index in [-0.39, 0.29) is 11.2 Å². The van der Waals surface area contributed by atoms with Crippen molar-refractivity contribution in [1.29, 1.82) is 0 Å². The normalized spacial score (nSPS) is 12.0. The zero-order chi connectivity index (χ0) is 23.4. The molecule has 0 saturated carbocycles. The fraction of sp³-hybridized carbons (Fsp3) is 0.261. The topological polar surface area (TPSA) is 68.2 Å². The standard InChI is InChI=1S/C23H23F3N2O3S/c1-2-3-7-19-8-6-11-22(29)28(19)16-17-12-14-18(15-13-17)20-9-4-5-10-21(20)27-32(30,31)23(24,25)26/h4-6,8-15,27H,2-3,7,16H2,1H3. The maximum absolute atomic E-state index is 12.8. The van der Waals surface area contributed by atoms with Crippen molar-refractivity contribution in [3.05, 3.63) is 88.3 Å². The monoisotopic (exact) mass is 464 g/mol. The number of unbranched alkanes of at least 4 members (excludes halogenated alkanes) is 1. The minimum absolute atomic E-state index is 0.102. The van der Waals surface area contributed by atoms with Gasteiger partial charge in [0, 0.05) is 17.3 Å². The van der Waals surface area contributed by atoms with Gasteiger partial charge in [0.05, 0.1) is 12.2 Å². The van der Waals surface area contributed by atoms with Gasteiger partial charge in [0.25, 0.3) is 5.56 Å². The van der Waals surface area contributed by atoms with Crippen LogP contribution in [0.1, 0.15) is 31.0 Å². The number of sulfonamides is 1. The number of pyridine rings is 1. The second kappa shape index (κ2) is 9.60. The first-order chi connectivity index (χ1) is 15.1. The zero-order valence-electron chi connectivity index (χ0n) is 17.4. The molecule has 1 aromatic heterocycles. The van der Waals surface area contributed by atoms with Gasteiger partial charge in [0.2, 0.25) is 0 Å². The highest BCUT2D eigenvalue weighted by atomic mass is 32.2. The molecule has 2 aromatic carbocycles. The van der Waals surface area contributed by atoms with E-state index in [4.69, 9.17) is 0 Å². The molecule has 32 heavy (non-hydrogen) atoms. The minimum atomic E-state index is -5.54. The van der Waals surface area contributed by atoms with E-state index in [1.165, 1.54) is 24.3 Å². The van der Waals surface area contributed by atoms with E-state index >= 15 is 0 Å². The Hall–Kier alpha value is -3.07. The Bertz CT molecular complexity index is 1230. The summed E-state index contributed by atoms with van der Waals surface area (Å²) in [6.07, 6.45) is 2.76. The lowest BCUT2D eigenvalue weighted by atomic mass is 10.0. The van der Waals surface area contributed by atoms with Crippen molar-refractivity contribution >= 4 is 15.7 Å². The number of nitrogens with zero attached hydrogens (tertiary/aromatic N) is 1. The predicted molar refractivity (Wildman–Crippen MR) is 119 cm³/mol. The first-order valence-electron chi connectivity index (χ1n) is 10.1. The van der Waals surface area contributed by atoms with Gasteiger partial charge in [-0.1, -0.05) is 61.9 Å². The van der Waals surface area contributed by atoms with Crippen molar-refractivity contribution < 1.29 is 21.6 Å². The van der Waals surface area contributed by atoms with E-state index in [9.17, 15) is 26.4 Å². The molecule has 1 heterocycles. The largest absolute Gasteiger partial charge is 0.516 e. The van der Waals surface area contributed by atoms with Gasteiger partial charge in [-0.15, -0.1) is 0 Å². The van der Waals surface area contributed by atoms with Crippen LogP contribution in [0.2, 0.25) is 0 Å². The van der Waals surface area contributed by atoms with Crippen LogP contribution < -0.4 is 10.3 Å². The van der Waals surface area contributed by atoms with Crippen LogP contribution in [0.15, 0.2) is 71.5 Å². The fourth-order valence-electron chi connectivity index (χ4n) is 3.32. The second-order valence-electron chi connectivity index (χ2n) is 7.34. The number of anilines is 1. The van der Waals surface area contributed by atoms with Crippen molar-refractivity contribution in [1.82, 2.24) is 4.57 Å². The quantitative estimate of drug-likeness (QED) is 0.500. The molecule has 1 N–H and O–H groups in total. The van der Waals surface area contributed by atoms with E-state index < -0.39 is 15.5 Å². The summed E-state index contributed by atoms with van der Waals surface area (Å²) in [7, 11) is -5.54. The molecule has 0 amide bonds. The molecule has 9 heteroatoms. The number of hydrogen-bond acceptors (Lipinski definition) is 3. The van der Waals surface area contributed by atoms with Gasteiger partial charge >= 0.3 is 15.5 Å². The van der Waals surface area contributed by atoms with E-state index in [1.54, 1.807) is 45.7 Å². The van der Waals surface area contributed by atoms with Gasteiger partial charge in [-0.3, -0.25) is 9.52 Å². The fourth-order valence-corrected chi connectivity index (χ4v) is 3.90. The summed E-state index contributed by atoms with van der Waals surface area (Å²) in [4.78, 5) is 12.4. The van der Waals surface area contributed by atoms with Crippen molar-refractivity contribution in [3.63, 3.8) is 0 Å². The van der Waals surface area contributed by atoms with Crippen LogP contribution in [0, 0.1) is 0 Å². The maximum atomic E-state index is 12.8. The summed E-state index contributed by atoms with van der Waals surface area (Å²) in [6.45, 7) is 2.44. The highest BCUT2D eigenvalue weighted by Gasteiger charge is 2.46. The van der Waals surface area contributed by atoms with Crippen LogP contribution in [-0.4, -0.2) is 18.5 Å². The number of rotatable bonds is 8. The van der Waals surface area contributed by atoms with Gasteiger partial charge < -0.3 is 4.57 Å². The number of aryl methyl sites for hydroxylation is 1. The molecular weight excluding hydrogens is 441 g/mol. The minimum Gasteiger partial charge on any atom is -0.308 e. The third-order valence-electron chi connectivity index (χ3n) is 5.01. The number of halogens is 3. The summed E-state index contributed by atoms with van der Waals surface area (Å²) in [5.74, 6) is 0. The summed E-state index contributed by atoms with van der Waals surface area (Å²) >= 11 is 0. The summed E-state index contributed by atoms with van der Waals surface area (Å²) < 4.78 is 64.7. The Balaban J connectivity index is 1.88. The third kappa shape index (κ3) is 5.40. The average Bonchev–Trinajstić information content (AvgIpc) is 2.74. The number of aromatic nitrogens is 1. The lowest BCUT2D eigenvalue weighted by Gasteiger charge is -2.15. The van der Waals surface area contributed by atoms with E-state index in [0.29, 0.717) is 17.7 Å². The number of hydrogen-bond donors (Lipinski definition) is 1. The molecule has 5 nitrogen and oxygen atoms in total. The van der Waals surface area contributed by atoms with E-state index in [0.717, 1.165) is 30.5 Å². The molecule has 0 aliphatic rings. The van der Waals surface area contributed by atoms with Crippen LogP contribution in [0.5, 0.6) is 0 Å². The average molecular weight is 465 g/mol. The van der Waals surface area contributed by atoms with Gasteiger partial charge in [-0.25, -0.2) is 0 Å².